The van der Waals surface area contributed by atoms with E-state index in [1.165, 1.54) is 4.90 Å². The number of alkyl halides is 3. The number of alkyl carbamates (subject to hydrolysis) is 1. The molecule has 5 rings (SSSR count). The second kappa shape index (κ2) is 16.7. The summed E-state index contributed by atoms with van der Waals surface area (Å²) in [5, 5.41) is 4.29. The minimum Gasteiger partial charge on any atom is -0.444 e. The van der Waals surface area contributed by atoms with Gasteiger partial charge in [0.1, 0.15) is 23.7 Å². The number of sulfonamides is 1. The van der Waals surface area contributed by atoms with Crippen LogP contribution in [0.2, 0.25) is 0 Å². The van der Waals surface area contributed by atoms with Crippen molar-refractivity contribution in [3.63, 3.8) is 0 Å². The van der Waals surface area contributed by atoms with E-state index < -0.39 is 81.2 Å². The number of rotatable bonds is 15. The molecule has 0 bridgehead atoms. The summed E-state index contributed by atoms with van der Waals surface area (Å²) in [6.07, 6.45) is -6.14. The van der Waals surface area contributed by atoms with Crippen LogP contribution in [0.25, 0.3) is 0 Å². The number of amides is 5. The molecule has 14 nitrogen and oxygen atoms in total. The van der Waals surface area contributed by atoms with Gasteiger partial charge in [0.25, 0.3) is 5.91 Å². The summed E-state index contributed by atoms with van der Waals surface area (Å²) in [6, 6.07) is 4.91. The van der Waals surface area contributed by atoms with Crippen LogP contribution in [0.1, 0.15) is 96.1 Å². The molecule has 2 aliphatic heterocycles. The van der Waals surface area contributed by atoms with Gasteiger partial charge in [-0.25, -0.2) is 18.0 Å². The molecule has 0 aromatic heterocycles. The lowest BCUT2D eigenvalue weighted by Gasteiger charge is -2.30. The van der Waals surface area contributed by atoms with Crippen LogP contribution in [0.3, 0.4) is 0 Å². The van der Waals surface area contributed by atoms with Crippen LogP contribution in [0.5, 0.6) is 0 Å². The van der Waals surface area contributed by atoms with E-state index in [1.807, 2.05) is 38.1 Å². The molecule has 3 N–H and O–H groups in total. The van der Waals surface area contributed by atoms with E-state index in [9.17, 15) is 45.6 Å². The predicted octanol–water partition coefficient (Wildman–Crippen LogP) is 4.06. The Kier molecular flexibility index (Phi) is 12.7. The third-order valence-electron chi connectivity index (χ3n) is 10.6. The van der Waals surface area contributed by atoms with Crippen LogP contribution in [0.15, 0.2) is 24.3 Å². The second-order valence-corrected chi connectivity index (χ2v) is 16.8. The molecule has 6 atom stereocenters. The number of fused-ring (bicyclic) bond motifs is 1. The molecule has 0 spiro atoms. The summed E-state index contributed by atoms with van der Waals surface area (Å²) in [5.74, 6) is -2.86. The van der Waals surface area contributed by atoms with E-state index in [0.29, 0.717) is 58.4 Å². The number of benzene rings is 1. The van der Waals surface area contributed by atoms with Gasteiger partial charge in [-0.2, -0.15) is 13.2 Å². The van der Waals surface area contributed by atoms with Crippen LogP contribution >= 0.6 is 0 Å². The molecular formula is C36H50F3N5O9S. The van der Waals surface area contributed by atoms with Gasteiger partial charge in [0.15, 0.2) is 6.10 Å². The number of carbonyl (C=O) groups is 5. The fraction of sp³-hybridized carbons (Fsp3) is 0.694. The summed E-state index contributed by atoms with van der Waals surface area (Å²) >= 11 is 0. The number of hydrogen-bond donors (Lipinski definition) is 3. The summed E-state index contributed by atoms with van der Waals surface area (Å²) in [7, 11) is -3.95. The molecule has 1 saturated heterocycles. The molecule has 1 unspecified atom stereocenters. The maximum atomic E-state index is 14.2. The van der Waals surface area contributed by atoms with E-state index in [1.54, 1.807) is 0 Å². The Balaban J connectivity index is 1.37. The summed E-state index contributed by atoms with van der Waals surface area (Å²) in [5.41, 5.74) is 0.494. The highest BCUT2D eigenvalue weighted by molar-refractivity contribution is 7.91. The minimum atomic E-state index is -4.84. The van der Waals surface area contributed by atoms with Gasteiger partial charge in [-0.3, -0.25) is 19.1 Å². The smallest absolute Gasteiger partial charge is 0.425 e. The molecule has 54 heavy (non-hydrogen) atoms. The average Bonchev–Trinajstić information content (AvgIpc) is 4.04. The number of likely N-dealkylation sites (tertiary alicyclic amines) is 1. The van der Waals surface area contributed by atoms with E-state index in [4.69, 9.17) is 4.74 Å². The highest BCUT2D eigenvalue weighted by Gasteiger charge is 2.62. The molecule has 1 aromatic carbocycles. The van der Waals surface area contributed by atoms with Gasteiger partial charge in [0.05, 0.1) is 11.8 Å². The lowest BCUT2D eigenvalue weighted by Crippen LogP contribution is -2.58. The third kappa shape index (κ3) is 9.76. The molecule has 2 heterocycles. The van der Waals surface area contributed by atoms with E-state index in [-0.39, 0.29) is 38.3 Å². The predicted molar refractivity (Wildman–Crippen MR) is 188 cm³/mol. The van der Waals surface area contributed by atoms with Crippen LogP contribution in [0, 0.1) is 5.92 Å². The van der Waals surface area contributed by atoms with Crippen molar-refractivity contribution in [2.45, 2.75) is 139 Å². The van der Waals surface area contributed by atoms with Crippen molar-refractivity contribution in [1.29, 1.82) is 0 Å². The van der Waals surface area contributed by atoms with Gasteiger partial charge in [-0.15, -0.1) is 0 Å². The number of nitrogens with one attached hydrogen (secondary N) is 3. The molecule has 1 aromatic rings. The number of nitrogens with zero attached hydrogens (tertiary/aromatic N) is 2. The number of carbonyl (C=O) groups excluding carboxylic acids is 5. The zero-order valence-electron chi connectivity index (χ0n) is 30.8. The van der Waals surface area contributed by atoms with Gasteiger partial charge in [0, 0.05) is 19.5 Å². The first-order valence-electron chi connectivity index (χ1n) is 18.7. The zero-order chi connectivity index (χ0) is 39.4. The van der Waals surface area contributed by atoms with Crippen LogP contribution in [-0.4, -0.2) is 102 Å². The molecule has 2 aliphatic carbocycles. The van der Waals surface area contributed by atoms with Crippen molar-refractivity contribution in [2.75, 3.05) is 13.1 Å². The minimum absolute atomic E-state index is 0.00853. The van der Waals surface area contributed by atoms with Crippen molar-refractivity contribution in [1.82, 2.24) is 25.2 Å². The van der Waals surface area contributed by atoms with Crippen LogP contribution in [0.4, 0.5) is 22.8 Å². The highest BCUT2D eigenvalue weighted by atomic mass is 32.2. The van der Waals surface area contributed by atoms with E-state index in [2.05, 4.69) is 20.1 Å². The topological polar surface area (TPSA) is 181 Å². The second-order valence-electron chi connectivity index (χ2n) is 14.8. The Labute approximate surface area is 313 Å². The number of ether oxygens (including phenoxy) is 2. The lowest BCUT2D eigenvalue weighted by atomic mass is 10.0. The fourth-order valence-electron chi connectivity index (χ4n) is 7.20. The number of halogens is 3. The third-order valence-corrected chi connectivity index (χ3v) is 12.4. The summed E-state index contributed by atoms with van der Waals surface area (Å²) in [4.78, 5) is 70.6. The molecule has 5 amide bonds. The molecular weight excluding hydrogens is 735 g/mol. The Hall–Kier alpha value is -4.09. The van der Waals surface area contributed by atoms with Gasteiger partial charge >= 0.3 is 18.4 Å². The summed E-state index contributed by atoms with van der Waals surface area (Å²) < 4.78 is 77.4. The van der Waals surface area contributed by atoms with Crippen LogP contribution in [-0.2, 0) is 46.8 Å². The molecule has 0 radical (unpaired) electrons. The molecule has 3 fully saturated rings. The average molecular weight is 786 g/mol. The maximum Gasteiger partial charge on any atom is 0.425 e. The maximum absolute atomic E-state index is 14.2. The van der Waals surface area contributed by atoms with Gasteiger partial charge < -0.3 is 29.9 Å². The Morgan fingerprint density at radius 3 is 2.39 bits per heavy atom. The van der Waals surface area contributed by atoms with Crippen molar-refractivity contribution in [2.24, 2.45) is 5.92 Å². The highest BCUT2D eigenvalue weighted by Crippen LogP contribution is 2.47. The first-order chi connectivity index (χ1) is 25.5. The fourth-order valence-corrected chi connectivity index (χ4v) is 8.57. The molecule has 2 saturated carbocycles. The Morgan fingerprint density at radius 2 is 1.74 bits per heavy atom. The van der Waals surface area contributed by atoms with Crippen LogP contribution < -0.4 is 15.4 Å². The van der Waals surface area contributed by atoms with Gasteiger partial charge in [-0.1, -0.05) is 63.8 Å². The molecule has 300 valence electrons. The Morgan fingerprint density at radius 1 is 1.04 bits per heavy atom. The molecule has 18 heteroatoms. The zero-order valence-corrected chi connectivity index (χ0v) is 31.6. The van der Waals surface area contributed by atoms with Crippen molar-refractivity contribution in [3.05, 3.63) is 35.4 Å². The Bertz CT molecular complexity index is 1690. The van der Waals surface area contributed by atoms with Crippen molar-refractivity contribution < 1.29 is 55.0 Å². The first kappa shape index (κ1) is 41.1. The van der Waals surface area contributed by atoms with Gasteiger partial charge in [-0.05, 0) is 62.5 Å². The van der Waals surface area contributed by atoms with Crippen molar-refractivity contribution >= 4 is 39.9 Å². The number of hydrogen-bond acceptors (Lipinski definition) is 9. The quantitative estimate of drug-likeness (QED) is 0.221. The van der Waals surface area contributed by atoms with E-state index >= 15 is 0 Å². The SMILES string of the molecule is CCCCC[C@H](NC(=O)OC(C)C(F)(F)F)C(=O)N1C[C@H](OC(=O)N2CCc3ccccc3C2)C[C@H]1C(=O)N[C@]1(C(=O)NS(=O)(=O)C2CC2)C[C@H]1CCC. The lowest BCUT2D eigenvalue weighted by molar-refractivity contribution is -0.197. The first-order valence-corrected chi connectivity index (χ1v) is 20.3. The normalized spacial score (nSPS) is 24.8. The van der Waals surface area contributed by atoms with Crippen molar-refractivity contribution in [3.8, 4) is 0 Å². The standard InChI is InChI=1S/C36H50F3N5O9S/c1-4-6-7-13-28(40-33(48)52-22(3)36(37,38)39)31(46)44-21-26(53-34(49)43-17-16-23-11-8-9-12-24(23)20-43)18-29(44)30(45)41-35(19-25(35)10-5-2)32(47)42-54(50,51)27-14-15-27/h8-9,11-12,22,25-29H,4-7,10,13-21H2,1-3H3,(H,40,48)(H,41,45)(H,42,47)/t22?,25-,26-,28+,29+,35-/m1/s1. The monoisotopic (exact) mass is 785 g/mol. The van der Waals surface area contributed by atoms with Gasteiger partial charge in [0.2, 0.25) is 21.8 Å². The number of unbranched alkanes of at least 4 members (excludes halogenated alkanes) is 2. The van der Waals surface area contributed by atoms with E-state index in [0.717, 1.165) is 22.4 Å². The summed E-state index contributed by atoms with van der Waals surface area (Å²) in [6.45, 7) is 4.80. The molecule has 4 aliphatic rings. The largest absolute Gasteiger partial charge is 0.444 e.